The second-order valence-corrected chi connectivity index (χ2v) is 11.8. The molecular weight excluding hydrogens is 582 g/mol. The number of hydrogen-bond acceptors (Lipinski definition) is 9. The Morgan fingerprint density at radius 1 is 1.11 bits per heavy atom. The summed E-state index contributed by atoms with van der Waals surface area (Å²) in [5, 5.41) is 4.72. The molecule has 1 saturated heterocycles. The summed E-state index contributed by atoms with van der Waals surface area (Å²) in [6.07, 6.45) is 1.12. The summed E-state index contributed by atoms with van der Waals surface area (Å²) in [7, 11) is 1.41. The molecule has 0 bridgehead atoms. The van der Waals surface area contributed by atoms with E-state index in [-0.39, 0.29) is 46.5 Å². The van der Waals surface area contributed by atoms with Crippen molar-refractivity contribution in [2.45, 2.75) is 58.0 Å². The van der Waals surface area contributed by atoms with Crippen LogP contribution in [0.1, 0.15) is 77.4 Å². The second-order valence-electron chi connectivity index (χ2n) is 11.8. The van der Waals surface area contributed by atoms with Crippen molar-refractivity contribution in [1.29, 1.82) is 0 Å². The molecule has 13 nitrogen and oxygen atoms in total. The number of carbonyl (C=O) groups is 6. The lowest BCUT2D eigenvalue weighted by Gasteiger charge is -2.30. The van der Waals surface area contributed by atoms with Crippen molar-refractivity contribution in [2.24, 2.45) is 0 Å². The molecule has 5 rings (SSSR count). The summed E-state index contributed by atoms with van der Waals surface area (Å²) >= 11 is 0. The zero-order valence-electron chi connectivity index (χ0n) is 25.5. The number of ether oxygens (including phenoxy) is 1. The fourth-order valence-electron chi connectivity index (χ4n) is 5.54. The fraction of sp³-hybridized carbons (Fsp3) is 0.344. The number of carbonyl (C=O) groups excluding carboxylic acids is 6. The average Bonchev–Trinajstić information content (AvgIpc) is 3.53. The lowest BCUT2D eigenvalue weighted by Crippen LogP contribution is -2.54. The predicted octanol–water partition coefficient (Wildman–Crippen LogP) is 2.58. The number of amides is 6. The zero-order valence-corrected chi connectivity index (χ0v) is 25.5. The van der Waals surface area contributed by atoms with E-state index in [0.29, 0.717) is 5.75 Å². The number of likely N-dealkylation sites (N-methyl/N-ethyl adjacent to an activating group) is 1. The summed E-state index contributed by atoms with van der Waals surface area (Å²) in [6.45, 7) is 7.15. The van der Waals surface area contributed by atoms with Gasteiger partial charge in [-0.1, -0.05) is 39.0 Å². The highest BCUT2D eigenvalue weighted by Gasteiger charge is 2.45. The molecule has 6 amide bonds. The topological polar surface area (TPSA) is 168 Å². The van der Waals surface area contributed by atoms with E-state index in [4.69, 9.17) is 9.15 Å². The number of aromatic nitrogens is 1. The summed E-state index contributed by atoms with van der Waals surface area (Å²) in [4.78, 5) is 84.7. The van der Waals surface area contributed by atoms with E-state index < -0.39 is 54.1 Å². The SMILES string of the molecule is CNC(=O)C(c1ncoc1C)N(C(=O)COc1ccccc1C(C)(C)C)c1ccc2c(c1)C(=O)N(C1CCC(=O)NC1=O)C2=O. The Morgan fingerprint density at radius 3 is 2.47 bits per heavy atom. The van der Waals surface area contributed by atoms with Gasteiger partial charge in [-0.05, 0) is 48.6 Å². The lowest BCUT2D eigenvalue weighted by molar-refractivity contribution is -0.136. The molecule has 234 valence electrons. The van der Waals surface area contributed by atoms with Crippen LogP contribution in [0.2, 0.25) is 0 Å². The normalized spacial score (nSPS) is 17.1. The molecule has 2 unspecified atom stereocenters. The molecule has 2 N–H and O–H groups in total. The van der Waals surface area contributed by atoms with Gasteiger partial charge >= 0.3 is 0 Å². The zero-order chi connectivity index (χ0) is 32.6. The van der Waals surface area contributed by atoms with Crippen LogP contribution in [0.3, 0.4) is 0 Å². The highest BCUT2D eigenvalue weighted by Crippen LogP contribution is 2.35. The third kappa shape index (κ3) is 5.80. The van der Waals surface area contributed by atoms with Crippen LogP contribution in [0.5, 0.6) is 5.75 Å². The van der Waals surface area contributed by atoms with E-state index in [2.05, 4.69) is 15.6 Å². The molecule has 0 radical (unpaired) electrons. The fourth-order valence-corrected chi connectivity index (χ4v) is 5.54. The maximum absolute atomic E-state index is 14.1. The first kappa shape index (κ1) is 31.1. The van der Waals surface area contributed by atoms with Crippen LogP contribution in [-0.2, 0) is 24.6 Å². The first-order valence-corrected chi connectivity index (χ1v) is 14.3. The summed E-state index contributed by atoms with van der Waals surface area (Å²) < 4.78 is 11.4. The summed E-state index contributed by atoms with van der Waals surface area (Å²) in [6, 6.07) is 8.94. The highest BCUT2D eigenvalue weighted by molar-refractivity contribution is 6.24. The molecule has 3 heterocycles. The molecule has 3 aromatic rings. The Labute approximate surface area is 258 Å². The standard InChI is InChI=1S/C32H33N5O8/c1-17-26(34-16-45-17)27(29(41)33-5)36(25(39)15-44-23-9-7-6-8-21(23)32(2,3)4)18-10-11-19-20(14-18)31(43)37(30(19)42)22-12-13-24(38)35-28(22)40/h6-11,14,16,22,27H,12-13,15H2,1-5H3,(H,33,41)(H,35,38,40). The molecule has 0 saturated carbocycles. The van der Waals surface area contributed by atoms with E-state index in [1.807, 2.05) is 32.9 Å². The number of anilines is 1. The molecule has 1 fully saturated rings. The molecule has 2 aliphatic rings. The molecule has 2 aliphatic heterocycles. The quantitative estimate of drug-likeness (QED) is 0.362. The Hall–Kier alpha value is -5.33. The van der Waals surface area contributed by atoms with Gasteiger partial charge in [-0.15, -0.1) is 0 Å². The number of piperidine rings is 1. The molecule has 0 spiro atoms. The Bertz CT molecular complexity index is 1720. The van der Waals surface area contributed by atoms with Crippen molar-refractivity contribution in [2.75, 3.05) is 18.6 Å². The van der Waals surface area contributed by atoms with Gasteiger partial charge in [0.1, 0.15) is 23.2 Å². The van der Waals surface area contributed by atoms with E-state index in [1.54, 1.807) is 19.1 Å². The number of nitrogens with zero attached hydrogens (tertiary/aromatic N) is 3. The minimum absolute atomic E-state index is 0.00877. The van der Waals surface area contributed by atoms with Gasteiger partial charge in [0, 0.05) is 19.2 Å². The molecule has 2 aromatic carbocycles. The van der Waals surface area contributed by atoms with Crippen molar-refractivity contribution in [3.05, 3.63) is 77.0 Å². The molecule has 0 aliphatic carbocycles. The molecule has 45 heavy (non-hydrogen) atoms. The van der Waals surface area contributed by atoms with Gasteiger partial charge in [0.2, 0.25) is 17.7 Å². The van der Waals surface area contributed by atoms with Crippen LogP contribution in [0.4, 0.5) is 5.69 Å². The monoisotopic (exact) mass is 615 g/mol. The molecule has 1 aromatic heterocycles. The first-order valence-electron chi connectivity index (χ1n) is 14.3. The number of aryl methyl sites for hydroxylation is 1. The number of hydrogen-bond donors (Lipinski definition) is 2. The highest BCUT2D eigenvalue weighted by atomic mass is 16.5. The van der Waals surface area contributed by atoms with Gasteiger partial charge in [-0.2, -0.15) is 0 Å². The maximum atomic E-state index is 14.1. The van der Waals surface area contributed by atoms with Crippen molar-refractivity contribution >= 4 is 41.1 Å². The van der Waals surface area contributed by atoms with Crippen LogP contribution in [-0.4, -0.2) is 65.0 Å². The minimum atomic E-state index is -1.33. The van der Waals surface area contributed by atoms with Gasteiger partial charge in [-0.25, -0.2) is 4.98 Å². The average molecular weight is 616 g/mol. The third-order valence-corrected chi connectivity index (χ3v) is 7.81. The van der Waals surface area contributed by atoms with Gasteiger partial charge in [0.25, 0.3) is 17.7 Å². The van der Waals surface area contributed by atoms with E-state index in [9.17, 15) is 28.8 Å². The number of nitrogens with one attached hydrogen (secondary N) is 2. The maximum Gasteiger partial charge on any atom is 0.265 e. The van der Waals surface area contributed by atoms with Crippen LogP contribution < -0.4 is 20.3 Å². The number of rotatable bonds is 8. The van der Waals surface area contributed by atoms with Crippen LogP contribution in [0.25, 0.3) is 0 Å². The largest absolute Gasteiger partial charge is 0.483 e. The molecular formula is C32H33N5O8. The number of benzene rings is 2. The minimum Gasteiger partial charge on any atom is -0.483 e. The van der Waals surface area contributed by atoms with Crippen molar-refractivity contribution in [1.82, 2.24) is 20.5 Å². The summed E-state index contributed by atoms with van der Waals surface area (Å²) in [5.74, 6) is -3.16. The number of fused-ring (bicyclic) bond motifs is 1. The van der Waals surface area contributed by atoms with Crippen LogP contribution in [0, 0.1) is 6.92 Å². The van der Waals surface area contributed by atoms with E-state index >= 15 is 0 Å². The first-order chi connectivity index (χ1) is 21.3. The molecule has 13 heteroatoms. The number of imide groups is 2. The van der Waals surface area contributed by atoms with Crippen molar-refractivity contribution in [3.8, 4) is 5.75 Å². The van der Waals surface area contributed by atoms with Gasteiger partial charge in [0.05, 0.1) is 11.1 Å². The van der Waals surface area contributed by atoms with E-state index in [1.165, 1.54) is 25.2 Å². The van der Waals surface area contributed by atoms with Gasteiger partial charge in [-0.3, -0.25) is 43.9 Å². The smallest absolute Gasteiger partial charge is 0.265 e. The summed E-state index contributed by atoms with van der Waals surface area (Å²) in [5.41, 5.74) is 0.800. The van der Waals surface area contributed by atoms with Crippen molar-refractivity contribution in [3.63, 3.8) is 0 Å². The predicted molar refractivity (Wildman–Crippen MR) is 159 cm³/mol. The van der Waals surface area contributed by atoms with Gasteiger partial charge < -0.3 is 14.5 Å². The van der Waals surface area contributed by atoms with Gasteiger partial charge in [0.15, 0.2) is 19.0 Å². The Morgan fingerprint density at radius 2 is 1.82 bits per heavy atom. The third-order valence-electron chi connectivity index (χ3n) is 7.81. The van der Waals surface area contributed by atoms with E-state index in [0.717, 1.165) is 21.8 Å². The lowest BCUT2D eigenvalue weighted by atomic mass is 9.86. The Kier molecular flexibility index (Phi) is 8.28. The molecule has 2 atom stereocenters. The number of para-hydroxylation sites is 1. The number of oxazole rings is 1. The van der Waals surface area contributed by atoms with Crippen molar-refractivity contribution < 1.29 is 37.9 Å². The second kappa shape index (κ2) is 12.0. The van der Waals surface area contributed by atoms with Crippen LogP contribution >= 0.6 is 0 Å². The Balaban J connectivity index is 1.55. The van der Waals surface area contributed by atoms with Crippen LogP contribution in [0.15, 0.2) is 53.3 Å².